The van der Waals surface area contributed by atoms with Gasteiger partial charge in [0.05, 0.1) is 33.4 Å². The predicted octanol–water partition coefficient (Wildman–Crippen LogP) is 6.22. The van der Waals surface area contributed by atoms with E-state index in [9.17, 15) is 4.79 Å². The number of pyridine rings is 2. The van der Waals surface area contributed by atoms with Gasteiger partial charge in [-0.05, 0) is 41.3 Å². The molecule has 1 amide bonds. The minimum atomic E-state index is -0.304. The van der Waals surface area contributed by atoms with Crippen LogP contribution in [-0.2, 0) is 0 Å². The summed E-state index contributed by atoms with van der Waals surface area (Å²) < 4.78 is 0. The summed E-state index contributed by atoms with van der Waals surface area (Å²) in [7, 11) is 1.84. The lowest BCUT2D eigenvalue weighted by Gasteiger charge is -2.29. The average molecular weight is 436 g/mol. The number of hydrogen-bond acceptors (Lipinski definition) is 4. The summed E-state index contributed by atoms with van der Waals surface area (Å²) in [6, 6.07) is 29.3. The van der Waals surface area contributed by atoms with Gasteiger partial charge in [-0.1, -0.05) is 60.7 Å². The lowest BCUT2D eigenvalue weighted by atomic mass is 9.99. The Hall–Kier alpha value is -3.83. The first kappa shape index (κ1) is 20.1. The molecule has 0 spiro atoms. The molecule has 3 aromatic heterocycles. The van der Waals surface area contributed by atoms with E-state index in [0.29, 0.717) is 5.56 Å². The van der Waals surface area contributed by atoms with E-state index in [1.807, 2.05) is 103 Å². The number of rotatable bonds is 5. The first-order chi connectivity index (χ1) is 15.7. The molecule has 3 heterocycles. The van der Waals surface area contributed by atoms with E-state index in [0.717, 1.165) is 32.7 Å². The Morgan fingerprint density at radius 1 is 0.906 bits per heavy atom. The molecule has 32 heavy (non-hydrogen) atoms. The van der Waals surface area contributed by atoms with Crippen molar-refractivity contribution in [1.82, 2.24) is 14.9 Å². The average Bonchev–Trinajstić information content (AvgIpc) is 3.39. The zero-order chi connectivity index (χ0) is 21.9. The summed E-state index contributed by atoms with van der Waals surface area (Å²) >= 11 is 1.62. The molecule has 5 heteroatoms. The van der Waals surface area contributed by atoms with Gasteiger partial charge in [-0.2, -0.15) is 0 Å². The largest absolute Gasteiger partial charge is 0.329 e. The number of hydrogen-bond donors (Lipinski definition) is 0. The topological polar surface area (TPSA) is 46.1 Å². The molecule has 0 aliphatic heterocycles. The maximum absolute atomic E-state index is 13.9. The highest BCUT2D eigenvalue weighted by molar-refractivity contribution is 7.13. The van der Waals surface area contributed by atoms with Gasteiger partial charge < -0.3 is 4.90 Å². The second kappa shape index (κ2) is 8.73. The maximum atomic E-state index is 13.9. The van der Waals surface area contributed by atoms with Crippen molar-refractivity contribution in [2.45, 2.75) is 6.04 Å². The molecule has 0 aliphatic carbocycles. The van der Waals surface area contributed by atoms with Gasteiger partial charge in [0.25, 0.3) is 5.91 Å². The number of thiophene rings is 1. The van der Waals surface area contributed by atoms with Gasteiger partial charge in [-0.3, -0.25) is 9.78 Å². The third kappa shape index (κ3) is 3.79. The van der Waals surface area contributed by atoms with Crippen molar-refractivity contribution in [3.8, 4) is 10.6 Å². The lowest BCUT2D eigenvalue weighted by molar-refractivity contribution is 0.0754. The Labute approximate surface area is 190 Å². The van der Waals surface area contributed by atoms with Crippen LogP contribution in [0.2, 0.25) is 0 Å². The van der Waals surface area contributed by atoms with Gasteiger partial charge in [0.15, 0.2) is 0 Å². The molecule has 0 saturated carbocycles. The van der Waals surface area contributed by atoms with Gasteiger partial charge in [-0.25, -0.2) is 4.98 Å². The second-order valence-corrected chi connectivity index (χ2v) is 8.48. The minimum absolute atomic E-state index is 0.0686. The first-order valence-corrected chi connectivity index (χ1v) is 11.3. The second-order valence-electron chi connectivity index (χ2n) is 7.53. The quantitative estimate of drug-likeness (QED) is 0.329. The summed E-state index contributed by atoms with van der Waals surface area (Å²) in [4.78, 5) is 26.1. The van der Waals surface area contributed by atoms with Crippen molar-refractivity contribution < 1.29 is 4.79 Å². The zero-order valence-corrected chi connectivity index (χ0v) is 18.4. The molecule has 0 saturated heterocycles. The van der Waals surface area contributed by atoms with Crippen molar-refractivity contribution in [1.29, 1.82) is 0 Å². The highest BCUT2D eigenvalue weighted by atomic mass is 32.1. The number of fused-ring (bicyclic) bond motifs is 1. The van der Waals surface area contributed by atoms with E-state index in [-0.39, 0.29) is 11.9 Å². The third-order valence-electron chi connectivity index (χ3n) is 5.51. The molecular weight excluding hydrogens is 414 g/mol. The highest BCUT2D eigenvalue weighted by Crippen LogP contribution is 2.32. The van der Waals surface area contributed by atoms with Crippen molar-refractivity contribution in [3.63, 3.8) is 0 Å². The van der Waals surface area contributed by atoms with E-state index >= 15 is 0 Å². The zero-order valence-electron chi connectivity index (χ0n) is 17.6. The van der Waals surface area contributed by atoms with Crippen molar-refractivity contribution in [2.75, 3.05) is 7.05 Å². The van der Waals surface area contributed by atoms with Crippen LogP contribution in [0, 0.1) is 0 Å². The van der Waals surface area contributed by atoms with Crippen LogP contribution in [0.15, 0.2) is 103 Å². The molecule has 0 aliphatic rings. The smallest absolute Gasteiger partial charge is 0.255 e. The number of aromatic nitrogens is 2. The predicted molar refractivity (Wildman–Crippen MR) is 130 cm³/mol. The van der Waals surface area contributed by atoms with Gasteiger partial charge >= 0.3 is 0 Å². The molecule has 156 valence electrons. The van der Waals surface area contributed by atoms with Crippen LogP contribution in [0.5, 0.6) is 0 Å². The van der Waals surface area contributed by atoms with Crippen LogP contribution in [0.1, 0.15) is 27.7 Å². The maximum Gasteiger partial charge on any atom is 0.255 e. The lowest BCUT2D eigenvalue weighted by Crippen LogP contribution is -2.32. The van der Waals surface area contributed by atoms with Gasteiger partial charge in [0.1, 0.15) is 0 Å². The van der Waals surface area contributed by atoms with E-state index in [2.05, 4.69) is 4.98 Å². The monoisotopic (exact) mass is 435 g/mol. The Morgan fingerprint density at radius 3 is 2.44 bits per heavy atom. The van der Waals surface area contributed by atoms with Crippen LogP contribution >= 0.6 is 11.3 Å². The molecule has 0 N–H and O–H groups in total. The Morgan fingerprint density at radius 2 is 1.69 bits per heavy atom. The fraction of sp³-hybridized carbons (Fsp3) is 0.0741. The van der Waals surface area contributed by atoms with Crippen LogP contribution in [0.4, 0.5) is 0 Å². The fourth-order valence-corrected chi connectivity index (χ4v) is 4.66. The molecule has 1 unspecified atom stereocenters. The summed E-state index contributed by atoms with van der Waals surface area (Å²) in [6.07, 6.45) is 1.76. The standard InChI is InChI=1S/C27H21N3OS/c1-30(26(19-10-3-2-4-11-19)23-14-7-8-16-28-23)27(31)21-18-24(25-15-9-17-32-25)29-22-13-6-5-12-20(21)22/h2-18,26H,1H3. The van der Waals surface area contributed by atoms with Crippen LogP contribution < -0.4 is 0 Å². The van der Waals surface area contributed by atoms with Crippen molar-refractivity contribution in [3.05, 3.63) is 119 Å². The van der Waals surface area contributed by atoms with E-state index in [1.54, 1.807) is 22.4 Å². The molecular formula is C27H21N3OS. The van der Waals surface area contributed by atoms with Gasteiger partial charge in [0.2, 0.25) is 0 Å². The van der Waals surface area contributed by atoms with E-state index in [1.165, 1.54) is 0 Å². The van der Waals surface area contributed by atoms with Gasteiger partial charge in [-0.15, -0.1) is 11.3 Å². The number of carbonyl (C=O) groups is 1. The van der Waals surface area contributed by atoms with Crippen LogP contribution in [-0.4, -0.2) is 27.8 Å². The summed E-state index contributed by atoms with van der Waals surface area (Å²) in [5.41, 5.74) is 4.09. The molecule has 5 rings (SSSR count). The summed E-state index contributed by atoms with van der Waals surface area (Å²) in [5, 5.41) is 2.87. The molecule has 0 radical (unpaired) electrons. The molecule has 1 atom stereocenters. The number of nitrogens with zero attached hydrogens (tertiary/aromatic N) is 3. The molecule has 4 nitrogen and oxygen atoms in total. The van der Waals surface area contributed by atoms with Crippen molar-refractivity contribution >= 4 is 28.1 Å². The normalized spacial score (nSPS) is 11.9. The third-order valence-corrected chi connectivity index (χ3v) is 6.40. The van der Waals surface area contributed by atoms with Crippen molar-refractivity contribution in [2.24, 2.45) is 0 Å². The Balaban J connectivity index is 1.64. The summed E-state index contributed by atoms with van der Waals surface area (Å²) in [6.45, 7) is 0. The van der Waals surface area contributed by atoms with E-state index < -0.39 is 0 Å². The molecule has 5 aromatic rings. The van der Waals surface area contributed by atoms with Crippen LogP contribution in [0.25, 0.3) is 21.5 Å². The SMILES string of the molecule is CN(C(=O)c1cc(-c2cccs2)nc2ccccc12)C(c1ccccc1)c1ccccn1. The number of carbonyl (C=O) groups excluding carboxylic acids is 1. The molecule has 0 bridgehead atoms. The minimum Gasteiger partial charge on any atom is -0.329 e. The summed E-state index contributed by atoms with van der Waals surface area (Å²) in [5.74, 6) is -0.0686. The Bertz CT molecular complexity index is 1310. The number of para-hydroxylation sites is 1. The highest BCUT2D eigenvalue weighted by Gasteiger charge is 2.27. The number of benzene rings is 2. The number of amides is 1. The van der Waals surface area contributed by atoms with E-state index in [4.69, 9.17) is 4.98 Å². The van der Waals surface area contributed by atoms with Crippen LogP contribution in [0.3, 0.4) is 0 Å². The first-order valence-electron chi connectivity index (χ1n) is 10.4. The molecule has 2 aromatic carbocycles. The Kier molecular flexibility index (Phi) is 5.48. The molecule has 0 fully saturated rings. The fourth-order valence-electron chi connectivity index (χ4n) is 3.98. The van der Waals surface area contributed by atoms with Gasteiger partial charge in [0, 0.05) is 18.6 Å².